The first kappa shape index (κ1) is 15.9. The average molecular weight is 270 g/mol. The van der Waals surface area contributed by atoms with Crippen LogP contribution in [-0.4, -0.2) is 28.3 Å². The van der Waals surface area contributed by atoms with Crippen molar-refractivity contribution >= 4 is 17.7 Å². The predicted octanol–water partition coefficient (Wildman–Crippen LogP) is 1.82. The zero-order valence-corrected chi connectivity index (χ0v) is 12.3. The van der Waals surface area contributed by atoms with Gasteiger partial charge in [0.05, 0.1) is 11.5 Å². The SMILES string of the molecule is CC(C)CCS(=O)(=O)S(=O)(=O)CC(C)(C)C. The summed E-state index contributed by atoms with van der Waals surface area (Å²) < 4.78 is 46.7. The van der Waals surface area contributed by atoms with Crippen molar-refractivity contribution in [1.29, 1.82) is 0 Å². The highest BCUT2D eigenvalue weighted by Gasteiger charge is 2.33. The standard InChI is InChI=1S/C10H22O4S2/c1-9(2)6-7-15(11,12)16(13,14)8-10(3,4)5/h9H,6-8H2,1-5H3. The molecule has 0 amide bonds. The first-order chi connectivity index (χ1) is 6.87. The number of hydrogen-bond donors (Lipinski definition) is 0. The summed E-state index contributed by atoms with van der Waals surface area (Å²) >= 11 is 0. The molecule has 0 aliphatic heterocycles. The van der Waals surface area contributed by atoms with E-state index in [1.807, 2.05) is 13.8 Å². The zero-order chi connectivity index (χ0) is 13.2. The Balaban J connectivity index is 4.89. The molecule has 0 radical (unpaired) electrons. The van der Waals surface area contributed by atoms with E-state index in [0.717, 1.165) is 0 Å². The van der Waals surface area contributed by atoms with Gasteiger partial charge in [0, 0.05) is 0 Å². The van der Waals surface area contributed by atoms with E-state index in [9.17, 15) is 16.8 Å². The van der Waals surface area contributed by atoms with E-state index in [1.165, 1.54) is 0 Å². The van der Waals surface area contributed by atoms with Crippen molar-refractivity contribution in [1.82, 2.24) is 0 Å². The molecule has 0 N–H and O–H groups in total. The molecule has 0 saturated heterocycles. The highest BCUT2D eigenvalue weighted by atomic mass is 33.2. The van der Waals surface area contributed by atoms with Crippen LogP contribution in [0.4, 0.5) is 0 Å². The fourth-order valence-electron chi connectivity index (χ4n) is 1.13. The van der Waals surface area contributed by atoms with Crippen molar-refractivity contribution in [2.75, 3.05) is 11.5 Å². The second-order valence-electron chi connectivity index (χ2n) is 5.71. The van der Waals surface area contributed by atoms with Gasteiger partial charge in [-0.2, -0.15) is 0 Å². The molecular weight excluding hydrogens is 248 g/mol. The quantitative estimate of drug-likeness (QED) is 0.715. The minimum absolute atomic E-state index is 0.180. The van der Waals surface area contributed by atoms with Crippen LogP contribution in [0.3, 0.4) is 0 Å². The van der Waals surface area contributed by atoms with Crippen molar-refractivity contribution < 1.29 is 16.8 Å². The zero-order valence-electron chi connectivity index (χ0n) is 10.6. The minimum Gasteiger partial charge on any atom is -0.213 e. The van der Waals surface area contributed by atoms with Crippen LogP contribution < -0.4 is 0 Å². The van der Waals surface area contributed by atoms with Gasteiger partial charge in [-0.3, -0.25) is 0 Å². The highest BCUT2D eigenvalue weighted by molar-refractivity contribution is 8.67. The van der Waals surface area contributed by atoms with E-state index >= 15 is 0 Å². The van der Waals surface area contributed by atoms with E-state index in [1.54, 1.807) is 20.8 Å². The summed E-state index contributed by atoms with van der Waals surface area (Å²) in [5.74, 6) is -0.414. The summed E-state index contributed by atoms with van der Waals surface area (Å²) in [7, 11) is -8.06. The Morgan fingerprint density at radius 1 is 0.938 bits per heavy atom. The van der Waals surface area contributed by atoms with Gasteiger partial charge in [0.15, 0.2) is 0 Å². The van der Waals surface area contributed by atoms with Gasteiger partial charge in [-0.1, -0.05) is 34.6 Å². The molecular formula is C10H22O4S2. The molecule has 16 heavy (non-hydrogen) atoms. The summed E-state index contributed by atoms with van der Waals surface area (Å²) in [4.78, 5) is 0. The predicted molar refractivity (Wildman–Crippen MR) is 66.5 cm³/mol. The molecule has 4 nitrogen and oxygen atoms in total. The smallest absolute Gasteiger partial charge is 0.213 e. The lowest BCUT2D eigenvalue weighted by Crippen LogP contribution is -2.29. The highest BCUT2D eigenvalue weighted by Crippen LogP contribution is 2.21. The van der Waals surface area contributed by atoms with Gasteiger partial charge in [0.1, 0.15) is 0 Å². The van der Waals surface area contributed by atoms with Crippen molar-refractivity contribution in [3.05, 3.63) is 0 Å². The first-order valence-corrected chi connectivity index (χ1v) is 9.15. The van der Waals surface area contributed by atoms with Crippen molar-refractivity contribution in [3.8, 4) is 0 Å². The molecule has 0 saturated carbocycles. The molecule has 0 unspecified atom stereocenters. The van der Waals surface area contributed by atoms with Crippen molar-refractivity contribution in [2.24, 2.45) is 11.3 Å². The summed E-state index contributed by atoms with van der Waals surface area (Å²) in [6, 6.07) is 0. The van der Waals surface area contributed by atoms with Crippen molar-refractivity contribution in [2.45, 2.75) is 41.0 Å². The van der Waals surface area contributed by atoms with Gasteiger partial charge in [-0.25, -0.2) is 16.8 Å². The second kappa shape index (κ2) is 5.04. The molecule has 0 bridgehead atoms. The molecule has 6 heteroatoms. The largest absolute Gasteiger partial charge is 0.254 e. The maximum atomic E-state index is 11.7. The van der Waals surface area contributed by atoms with Gasteiger partial charge >= 0.3 is 0 Å². The van der Waals surface area contributed by atoms with E-state index < -0.39 is 23.2 Å². The van der Waals surface area contributed by atoms with E-state index in [0.29, 0.717) is 6.42 Å². The van der Waals surface area contributed by atoms with Crippen LogP contribution in [0.5, 0.6) is 0 Å². The van der Waals surface area contributed by atoms with Crippen LogP contribution in [0, 0.1) is 11.3 Å². The fraction of sp³-hybridized carbons (Fsp3) is 1.00. The lowest BCUT2D eigenvalue weighted by atomic mass is 10.0. The molecule has 0 aromatic rings. The van der Waals surface area contributed by atoms with Gasteiger partial charge in [-0.05, 0) is 17.8 Å². The molecule has 0 aliphatic rings. The molecule has 98 valence electrons. The molecule has 0 aliphatic carbocycles. The van der Waals surface area contributed by atoms with E-state index in [-0.39, 0.29) is 17.4 Å². The van der Waals surface area contributed by atoms with Crippen LogP contribution in [0.2, 0.25) is 0 Å². The number of hydrogen-bond acceptors (Lipinski definition) is 4. The summed E-state index contributed by atoms with van der Waals surface area (Å²) in [6.45, 7) is 8.87. The second-order valence-corrected chi connectivity index (χ2v) is 11.7. The van der Waals surface area contributed by atoms with E-state index in [2.05, 4.69) is 0 Å². The van der Waals surface area contributed by atoms with Gasteiger partial charge in [0.25, 0.3) is 17.7 Å². The topological polar surface area (TPSA) is 68.3 Å². The lowest BCUT2D eigenvalue weighted by molar-refractivity contribution is 0.464. The van der Waals surface area contributed by atoms with E-state index in [4.69, 9.17) is 0 Å². The van der Waals surface area contributed by atoms with Crippen LogP contribution in [0.25, 0.3) is 0 Å². The Kier molecular flexibility index (Phi) is 5.01. The van der Waals surface area contributed by atoms with Crippen molar-refractivity contribution in [3.63, 3.8) is 0 Å². The average Bonchev–Trinajstić information content (AvgIpc) is 1.95. The molecule has 0 aromatic carbocycles. The maximum absolute atomic E-state index is 11.7. The Morgan fingerprint density at radius 3 is 1.69 bits per heavy atom. The van der Waals surface area contributed by atoms with Crippen LogP contribution in [0.1, 0.15) is 41.0 Å². The third-order valence-corrected chi connectivity index (χ3v) is 7.85. The minimum atomic E-state index is -4.04. The molecule has 0 atom stereocenters. The Morgan fingerprint density at radius 2 is 1.38 bits per heavy atom. The van der Waals surface area contributed by atoms with Crippen LogP contribution >= 0.6 is 0 Å². The molecule has 0 fully saturated rings. The molecule has 0 heterocycles. The monoisotopic (exact) mass is 270 g/mol. The third-order valence-electron chi connectivity index (χ3n) is 1.94. The van der Waals surface area contributed by atoms with Gasteiger partial charge in [0.2, 0.25) is 0 Å². The molecule has 0 aromatic heterocycles. The van der Waals surface area contributed by atoms with Crippen LogP contribution in [0.15, 0.2) is 0 Å². The Labute approximate surface area is 98.7 Å². The Bertz CT molecular complexity index is 410. The summed E-state index contributed by atoms with van der Waals surface area (Å²) in [5, 5.41) is 0. The lowest BCUT2D eigenvalue weighted by Gasteiger charge is -2.18. The molecule has 0 spiro atoms. The first-order valence-electron chi connectivity index (χ1n) is 5.33. The van der Waals surface area contributed by atoms with Crippen LogP contribution in [-0.2, 0) is 17.7 Å². The normalized spacial score (nSPS) is 14.4. The summed E-state index contributed by atoms with van der Waals surface area (Å²) in [6.07, 6.45) is 0.381. The van der Waals surface area contributed by atoms with Gasteiger partial charge < -0.3 is 0 Å². The number of rotatable bonds is 5. The third kappa shape index (κ3) is 5.30. The molecule has 0 rings (SSSR count). The maximum Gasteiger partial charge on any atom is 0.254 e. The van der Waals surface area contributed by atoms with Gasteiger partial charge in [-0.15, -0.1) is 0 Å². The summed E-state index contributed by atoms with van der Waals surface area (Å²) in [5.41, 5.74) is -0.538. The fourth-order valence-corrected chi connectivity index (χ4v) is 6.03. The Hall–Kier alpha value is -0.100.